The molecule has 0 aliphatic carbocycles. The van der Waals surface area contributed by atoms with Crippen LogP contribution in [0.1, 0.15) is 40.9 Å². The predicted octanol–water partition coefficient (Wildman–Crippen LogP) is 3.85. The number of carbonyl (C=O) groups excluding carboxylic acids is 2. The molecule has 8 heteroatoms. The Morgan fingerprint density at radius 2 is 1.63 bits per heavy atom. The average Bonchev–Trinajstić information content (AvgIpc) is 2.92. The van der Waals surface area contributed by atoms with Gasteiger partial charge in [0.2, 0.25) is 0 Å². The maximum atomic E-state index is 12.9. The van der Waals surface area contributed by atoms with Crippen molar-refractivity contribution in [2.75, 3.05) is 19.8 Å². The second-order valence-corrected chi connectivity index (χ2v) is 8.66. The second kappa shape index (κ2) is 14.2. The van der Waals surface area contributed by atoms with E-state index in [1.165, 1.54) is 0 Å². The van der Waals surface area contributed by atoms with Crippen LogP contribution >= 0.6 is 0 Å². The summed E-state index contributed by atoms with van der Waals surface area (Å²) in [5.41, 5.74) is 2.76. The number of nitrogens with zero attached hydrogens (tertiary/aromatic N) is 1. The van der Waals surface area contributed by atoms with Crippen LogP contribution in [0.25, 0.3) is 6.08 Å². The highest BCUT2D eigenvalue weighted by Crippen LogP contribution is 2.17. The first-order valence-electron chi connectivity index (χ1n) is 12.3. The molecule has 0 fully saturated rings. The van der Waals surface area contributed by atoms with Crippen molar-refractivity contribution in [2.45, 2.75) is 26.4 Å². The summed E-state index contributed by atoms with van der Waals surface area (Å²) in [5.74, 6) is 0.332. The molecular weight excluding hydrogens is 482 g/mol. The average molecular weight is 514 g/mol. The number of nitrogens with one attached hydrogen (secondary N) is 2. The van der Waals surface area contributed by atoms with Gasteiger partial charge in [-0.1, -0.05) is 24.3 Å². The molecule has 0 heterocycles. The lowest BCUT2D eigenvalue weighted by atomic mass is 10.1. The smallest absolute Gasteiger partial charge is 0.267 e. The Kier molecular flexibility index (Phi) is 10.5. The Labute approximate surface area is 222 Å². The van der Waals surface area contributed by atoms with Crippen LogP contribution in [0.3, 0.4) is 0 Å². The Bertz CT molecular complexity index is 1280. The molecular formula is C30H31N3O5. The van der Waals surface area contributed by atoms with Gasteiger partial charge in [-0.15, -0.1) is 0 Å². The van der Waals surface area contributed by atoms with Gasteiger partial charge in [-0.05, 0) is 79.6 Å². The highest BCUT2D eigenvalue weighted by molar-refractivity contribution is 6.05. The van der Waals surface area contributed by atoms with Gasteiger partial charge < -0.3 is 25.2 Å². The number of aliphatic hydroxyl groups is 1. The van der Waals surface area contributed by atoms with Crippen molar-refractivity contribution in [2.24, 2.45) is 0 Å². The van der Waals surface area contributed by atoms with Crippen molar-refractivity contribution in [3.8, 4) is 17.6 Å². The van der Waals surface area contributed by atoms with Gasteiger partial charge in [-0.25, -0.2) is 0 Å². The Morgan fingerprint density at radius 1 is 0.974 bits per heavy atom. The molecule has 0 aliphatic heterocycles. The molecule has 0 unspecified atom stereocenters. The number of amides is 2. The van der Waals surface area contributed by atoms with Gasteiger partial charge in [0.15, 0.2) is 0 Å². The monoisotopic (exact) mass is 513 g/mol. The summed E-state index contributed by atoms with van der Waals surface area (Å²) < 4.78 is 11.4. The van der Waals surface area contributed by atoms with E-state index in [0.29, 0.717) is 41.2 Å². The summed E-state index contributed by atoms with van der Waals surface area (Å²) in [4.78, 5) is 25.5. The summed E-state index contributed by atoms with van der Waals surface area (Å²) in [7, 11) is 0. The molecule has 8 nitrogen and oxygen atoms in total. The first-order chi connectivity index (χ1) is 18.4. The van der Waals surface area contributed by atoms with Crippen molar-refractivity contribution in [1.29, 1.82) is 5.26 Å². The zero-order chi connectivity index (χ0) is 27.3. The van der Waals surface area contributed by atoms with E-state index in [4.69, 9.17) is 19.8 Å². The van der Waals surface area contributed by atoms with Crippen molar-refractivity contribution in [1.82, 2.24) is 10.6 Å². The van der Waals surface area contributed by atoms with Gasteiger partial charge in [-0.2, -0.15) is 5.26 Å². The van der Waals surface area contributed by atoms with Crippen LogP contribution in [0.15, 0.2) is 78.5 Å². The molecule has 3 rings (SSSR count). The van der Waals surface area contributed by atoms with Gasteiger partial charge >= 0.3 is 0 Å². The molecule has 196 valence electrons. The number of hydrogen-bond donors (Lipinski definition) is 3. The third-order valence-corrected chi connectivity index (χ3v) is 5.31. The van der Waals surface area contributed by atoms with Gasteiger partial charge in [-0.3, -0.25) is 9.59 Å². The molecule has 0 radical (unpaired) electrons. The van der Waals surface area contributed by atoms with Crippen molar-refractivity contribution >= 4 is 17.9 Å². The fourth-order valence-corrected chi connectivity index (χ4v) is 3.43. The van der Waals surface area contributed by atoms with Crippen molar-refractivity contribution in [3.05, 3.63) is 101 Å². The fraction of sp³-hybridized carbons (Fsp3) is 0.233. The SMILES string of the molecule is CC(C)Oc1ccc(C=C(NC(=O)c2ccc(OCCc3ccc(C#N)cc3)cc2)C(=O)NCCO)cc1. The van der Waals surface area contributed by atoms with Crippen molar-refractivity contribution < 1.29 is 24.2 Å². The van der Waals surface area contributed by atoms with Crippen LogP contribution in [0.5, 0.6) is 11.5 Å². The number of nitriles is 1. The highest BCUT2D eigenvalue weighted by atomic mass is 16.5. The normalized spacial score (nSPS) is 11.0. The number of ether oxygens (including phenoxy) is 2. The predicted molar refractivity (Wildman–Crippen MR) is 145 cm³/mol. The molecule has 0 bridgehead atoms. The van der Waals surface area contributed by atoms with Crippen molar-refractivity contribution in [3.63, 3.8) is 0 Å². The van der Waals surface area contributed by atoms with Crippen LogP contribution < -0.4 is 20.1 Å². The topological polar surface area (TPSA) is 121 Å². The number of rotatable bonds is 12. The number of benzene rings is 3. The summed E-state index contributed by atoms with van der Waals surface area (Å²) in [6.07, 6.45) is 2.27. The molecule has 3 aromatic rings. The van der Waals surface area contributed by atoms with E-state index in [-0.39, 0.29) is 25.0 Å². The van der Waals surface area contributed by atoms with E-state index in [1.54, 1.807) is 66.7 Å². The molecule has 0 saturated carbocycles. The lowest BCUT2D eigenvalue weighted by Crippen LogP contribution is -2.36. The molecule has 0 saturated heterocycles. The Balaban J connectivity index is 1.63. The lowest BCUT2D eigenvalue weighted by molar-refractivity contribution is -0.117. The zero-order valence-corrected chi connectivity index (χ0v) is 21.4. The number of aliphatic hydroxyl groups excluding tert-OH is 1. The van der Waals surface area contributed by atoms with Crippen LogP contribution in [0, 0.1) is 11.3 Å². The van der Waals surface area contributed by atoms with Gasteiger partial charge in [0, 0.05) is 18.5 Å². The van der Waals surface area contributed by atoms with E-state index in [2.05, 4.69) is 16.7 Å². The molecule has 0 spiro atoms. The van der Waals surface area contributed by atoms with E-state index in [9.17, 15) is 9.59 Å². The quantitative estimate of drug-likeness (QED) is 0.317. The first-order valence-corrected chi connectivity index (χ1v) is 12.3. The van der Waals surface area contributed by atoms with Crippen LogP contribution in [0.2, 0.25) is 0 Å². The fourth-order valence-electron chi connectivity index (χ4n) is 3.43. The minimum absolute atomic E-state index is 0.0369. The van der Waals surface area contributed by atoms with Crippen LogP contribution in [-0.4, -0.2) is 42.8 Å². The maximum absolute atomic E-state index is 12.9. The summed E-state index contributed by atoms with van der Waals surface area (Å²) >= 11 is 0. The Morgan fingerprint density at radius 3 is 2.24 bits per heavy atom. The van der Waals surface area contributed by atoms with Gasteiger partial charge in [0.05, 0.1) is 31.0 Å². The highest BCUT2D eigenvalue weighted by Gasteiger charge is 2.15. The third kappa shape index (κ3) is 8.80. The second-order valence-electron chi connectivity index (χ2n) is 8.66. The van der Waals surface area contributed by atoms with E-state index >= 15 is 0 Å². The van der Waals surface area contributed by atoms with Crippen LogP contribution in [-0.2, 0) is 11.2 Å². The van der Waals surface area contributed by atoms with E-state index in [1.807, 2.05) is 26.0 Å². The minimum atomic E-state index is -0.516. The van der Waals surface area contributed by atoms with E-state index < -0.39 is 11.8 Å². The largest absolute Gasteiger partial charge is 0.493 e. The summed E-state index contributed by atoms with van der Waals surface area (Å²) in [6.45, 7) is 4.14. The minimum Gasteiger partial charge on any atom is -0.493 e. The molecule has 3 aromatic carbocycles. The summed E-state index contributed by atoms with van der Waals surface area (Å²) in [6, 6.07) is 23.2. The first kappa shape index (κ1) is 28.0. The van der Waals surface area contributed by atoms with Gasteiger partial charge in [0.25, 0.3) is 11.8 Å². The molecule has 3 N–H and O–H groups in total. The molecule has 0 atom stereocenters. The zero-order valence-electron chi connectivity index (χ0n) is 21.4. The summed E-state index contributed by atoms with van der Waals surface area (Å²) in [5, 5.41) is 23.2. The van der Waals surface area contributed by atoms with E-state index in [0.717, 1.165) is 5.56 Å². The molecule has 2 amide bonds. The molecule has 0 aliphatic rings. The molecule has 0 aromatic heterocycles. The number of hydrogen-bond acceptors (Lipinski definition) is 6. The third-order valence-electron chi connectivity index (χ3n) is 5.31. The maximum Gasteiger partial charge on any atom is 0.267 e. The van der Waals surface area contributed by atoms with Crippen LogP contribution in [0.4, 0.5) is 0 Å². The standard InChI is InChI=1S/C30H31N3O5/c1-21(2)38-27-11-7-23(8-12-27)19-28(30(36)32-16-17-34)33-29(35)25-9-13-26(14-10-25)37-18-15-22-3-5-24(20-31)6-4-22/h3-14,19,21,34H,15-18H2,1-2H3,(H,32,36)(H,33,35). The number of carbonyl (C=O) groups is 2. The lowest BCUT2D eigenvalue weighted by Gasteiger charge is -2.12. The molecule has 38 heavy (non-hydrogen) atoms. The Hall–Kier alpha value is -4.61. The van der Waals surface area contributed by atoms with Gasteiger partial charge in [0.1, 0.15) is 17.2 Å².